The molecule has 1 unspecified atom stereocenters. The van der Waals surface area contributed by atoms with Gasteiger partial charge >= 0.3 is 5.97 Å². The topological polar surface area (TPSA) is 49.3 Å². The highest BCUT2D eigenvalue weighted by Gasteiger charge is 2.06. The first-order valence-corrected chi connectivity index (χ1v) is 6.54. The number of hydrogen-bond acceptors (Lipinski definition) is 2. The van der Waals surface area contributed by atoms with Gasteiger partial charge in [-0.1, -0.05) is 35.0 Å². The summed E-state index contributed by atoms with van der Waals surface area (Å²) in [7, 11) is 0. The Labute approximate surface area is 110 Å². The zero-order chi connectivity index (χ0) is 12.7. The molecule has 1 rings (SSSR count). The van der Waals surface area contributed by atoms with Gasteiger partial charge in [-0.15, -0.1) is 0 Å². The molecule has 0 heterocycles. The highest BCUT2D eigenvalue weighted by Crippen LogP contribution is 2.10. The van der Waals surface area contributed by atoms with E-state index in [1.54, 1.807) is 0 Å². The molecule has 0 aliphatic carbocycles. The zero-order valence-electron chi connectivity index (χ0n) is 9.95. The van der Waals surface area contributed by atoms with Crippen LogP contribution in [0.15, 0.2) is 28.7 Å². The Balaban J connectivity index is 2.15. The number of carboxylic acids is 1. The molecule has 0 spiro atoms. The van der Waals surface area contributed by atoms with Crippen LogP contribution in [-0.2, 0) is 11.2 Å². The van der Waals surface area contributed by atoms with Crippen molar-refractivity contribution < 1.29 is 9.90 Å². The molecule has 1 aromatic carbocycles. The SMILES string of the molecule is CC(CNCCc1ccc(Br)cc1)CC(=O)O. The van der Waals surface area contributed by atoms with E-state index in [2.05, 4.69) is 33.4 Å². The maximum atomic E-state index is 10.5. The second-order valence-electron chi connectivity index (χ2n) is 4.28. The van der Waals surface area contributed by atoms with Gasteiger partial charge in [0.2, 0.25) is 0 Å². The van der Waals surface area contributed by atoms with Gasteiger partial charge < -0.3 is 10.4 Å². The number of rotatable bonds is 7. The van der Waals surface area contributed by atoms with Gasteiger partial charge in [0.1, 0.15) is 0 Å². The Morgan fingerprint density at radius 1 is 1.41 bits per heavy atom. The van der Waals surface area contributed by atoms with Crippen LogP contribution < -0.4 is 5.32 Å². The third-order valence-corrected chi connectivity index (χ3v) is 3.05. The summed E-state index contributed by atoms with van der Waals surface area (Å²) < 4.78 is 1.09. The molecule has 0 aromatic heterocycles. The highest BCUT2D eigenvalue weighted by atomic mass is 79.9. The van der Waals surface area contributed by atoms with E-state index in [9.17, 15) is 4.79 Å². The predicted octanol–water partition coefficient (Wildman–Crippen LogP) is 2.69. The van der Waals surface area contributed by atoms with Crippen molar-refractivity contribution in [2.24, 2.45) is 5.92 Å². The lowest BCUT2D eigenvalue weighted by Crippen LogP contribution is -2.24. The first-order chi connectivity index (χ1) is 8.08. The first-order valence-electron chi connectivity index (χ1n) is 5.75. The molecule has 17 heavy (non-hydrogen) atoms. The van der Waals surface area contributed by atoms with Crippen LogP contribution >= 0.6 is 15.9 Å². The van der Waals surface area contributed by atoms with Crippen molar-refractivity contribution in [2.75, 3.05) is 13.1 Å². The van der Waals surface area contributed by atoms with E-state index < -0.39 is 5.97 Å². The van der Waals surface area contributed by atoms with E-state index in [1.165, 1.54) is 5.56 Å². The molecule has 1 aromatic rings. The van der Waals surface area contributed by atoms with E-state index in [0.717, 1.165) is 24.0 Å². The quantitative estimate of drug-likeness (QED) is 0.761. The van der Waals surface area contributed by atoms with Crippen molar-refractivity contribution in [3.05, 3.63) is 34.3 Å². The van der Waals surface area contributed by atoms with Crippen LogP contribution in [-0.4, -0.2) is 24.2 Å². The number of benzene rings is 1. The maximum absolute atomic E-state index is 10.5. The lowest BCUT2D eigenvalue weighted by Gasteiger charge is -2.10. The van der Waals surface area contributed by atoms with Gasteiger partial charge in [0.15, 0.2) is 0 Å². The third-order valence-electron chi connectivity index (χ3n) is 2.52. The second kappa shape index (κ2) is 7.45. The molecule has 3 nitrogen and oxygen atoms in total. The minimum atomic E-state index is -0.729. The van der Waals surface area contributed by atoms with E-state index in [4.69, 9.17) is 5.11 Å². The molecule has 0 saturated carbocycles. The van der Waals surface area contributed by atoms with Gasteiger partial charge in [0.25, 0.3) is 0 Å². The number of aliphatic carboxylic acids is 1. The fraction of sp³-hybridized carbons (Fsp3) is 0.462. The summed E-state index contributed by atoms with van der Waals surface area (Å²) in [6.45, 7) is 3.58. The Bertz CT molecular complexity index is 351. The molecular formula is C13H18BrNO2. The molecule has 0 aliphatic heterocycles. The molecule has 0 bridgehead atoms. The number of carboxylic acid groups (broad SMARTS) is 1. The van der Waals surface area contributed by atoms with Gasteiger partial charge in [-0.05, 0) is 43.1 Å². The van der Waals surface area contributed by atoms with Crippen LogP contribution in [0.5, 0.6) is 0 Å². The Kier molecular flexibility index (Phi) is 6.22. The summed E-state index contributed by atoms with van der Waals surface area (Å²) in [5.41, 5.74) is 1.28. The standard InChI is InChI=1S/C13H18BrNO2/c1-10(8-13(16)17)9-15-7-6-11-2-4-12(14)5-3-11/h2-5,10,15H,6-9H2,1H3,(H,16,17). The van der Waals surface area contributed by atoms with Gasteiger partial charge in [0, 0.05) is 10.9 Å². The van der Waals surface area contributed by atoms with Crippen LogP contribution in [0.2, 0.25) is 0 Å². The van der Waals surface area contributed by atoms with Crippen molar-refractivity contribution in [1.82, 2.24) is 5.32 Å². The van der Waals surface area contributed by atoms with Gasteiger partial charge in [-0.25, -0.2) is 0 Å². The molecule has 0 amide bonds. The number of nitrogens with one attached hydrogen (secondary N) is 1. The smallest absolute Gasteiger partial charge is 0.303 e. The molecular weight excluding hydrogens is 282 g/mol. The minimum absolute atomic E-state index is 0.178. The summed E-state index contributed by atoms with van der Waals surface area (Å²) in [5, 5.41) is 11.9. The second-order valence-corrected chi connectivity index (χ2v) is 5.20. The molecule has 0 aliphatic rings. The van der Waals surface area contributed by atoms with Crippen LogP contribution in [0.1, 0.15) is 18.9 Å². The molecule has 4 heteroatoms. The van der Waals surface area contributed by atoms with Gasteiger partial charge in [0.05, 0.1) is 0 Å². The summed E-state index contributed by atoms with van der Waals surface area (Å²) in [4.78, 5) is 10.5. The van der Waals surface area contributed by atoms with Crippen LogP contribution in [0.3, 0.4) is 0 Å². The fourth-order valence-electron chi connectivity index (χ4n) is 1.60. The maximum Gasteiger partial charge on any atom is 0.303 e. The summed E-state index contributed by atoms with van der Waals surface area (Å²) in [6.07, 6.45) is 1.19. The Morgan fingerprint density at radius 3 is 2.65 bits per heavy atom. The molecule has 0 saturated heterocycles. The first kappa shape index (κ1) is 14.2. The fourth-order valence-corrected chi connectivity index (χ4v) is 1.87. The Hall–Kier alpha value is -0.870. The average Bonchev–Trinajstić information content (AvgIpc) is 2.26. The van der Waals surface area contributed by atoms with Gasteiger partial charge in [-0.3, -0.25) is 4.79 Å². The summed E-state index contributed by atoms with van der Waals surface area (Å²) in [6, 6.07) is 8.24. The van der Waals surface area contributed by atoms with Crippen molar-refractivity contribution in [1.29, 1.82) is 0 Å². The molecule has 94 valence electrons. The monoisotopic (exact) mass is 299 g/mol. The average molecular weight is 300 g/mol. The van der Waals surface area contributed by atoms with E-state index >= 15 is 0 Å². The van der Waals surface area contributed by atoms with Crippen molar-refractivity contribution in [3.8, 4) is 0 Å². The largest absolute Gasteiger partial charge is 0.481 e. The number of hydrogen-bond donors (Lipinski definition) is 2. The van der Waals surface area contributed by atoms with Crippen LogP contribution in [0.25, 0.3) is 0 Å². The third kappa shape index (κ3) is 6.44. The van der Waals surface area contributed by atoms with E-state index in [0.29, 0.717) is 0 Å². The lowest BCUT2D eigenvalue weighted by atomic mass is 10.1. The molecule has 2 N–H and O–H groups in total. The normalized spacial score (nSPS) is 12.4. The molecule has 0 radical (unpaired) electrons. The minimum Gasteiger partial charge on any atom is -0.481 e. The molecule has 1 atom stereocenters. The van der Waals surface area contributed by atoms with E-state index in [1.807, 2.05) is 19.1 Å². The summed E-state index contributed by atoms with van der Waals surface area (Å²) in [5.74, 6) is -0.551. The lowest BCUT2D eigenvalue weighted by molar-refractivity contribution is -0.137. The van der Waals surface area contributed by atoms with Crippen molar-refractivity contribution in [2.45, 2.75) is 19.8 Å². The van der Waals surface area contributed by atoms with Crippen LogP contribution in [0.4, 0.5) is 0 Å². The zero-order valence-corrected chi connectivity index (χ0v) is 11.5. The van der Waals surface area contributed by atoms with Crippen LogP contribution in [0, 0.1) is 5.92 Å². The number of carbonyl (C=O) groups is 1. The van der Waals surface area contributed by atoms with Gasteiger partial charge in [-0.2, -0.15) is 0 Å². The number of halogens is 1. The van der Waals surface area contributed by atoms with Crippen molar-refractivity contribution in [3.63, 3.8) is 0 Å². The highest BCUT2D eigenvalue weighted by molar-refractivity contribution is 9.10. The summed E-state index contributed by atoms with van der Waals surface area (Å²) >= 11 is 3.40. The molecule has 0 fully saturated rings. The predicted molar refractivity (Wildman–Crippen MR) is 72.1 cm³/mol. The van der Waals surface area contributed by atoms with Crippen molar-refractivity contribution >= 4 is 21.9 Å². The van der Waals surface area contributed by atoms with E-state index in [-0.39, 0.29) is 12.3 Å². The Morgan fingerprint density at radius 2 is 2.06 bits per heavy atom.